The van der Waals surface area contributed by atoms with Crippen LogP contribution in [0.3, 0.4) is 0 Å². The fourth-order valence-electron chi connectivity index (χ4n) is 3.70. The number of carboxylic acid groups (broad SMARTS) is 2. The Balaban J connectivity index is 1.76. The van der Waals surface area contributed by atoms with Gasteiger partial charge in [-0.25, -0.2) is 14.6 Å². The molecule has 2 N–H and O–H groups in total. The summed E-state index contributed by atoms with van der Waals surface area (Å²) in [5, 5.41) is 19.5. The van der Waals surface area contributed by atoms with Crippen molar-refractivity contribution >= 4 is 29.0 Å². The van der Waals surface area contributed by atoms with E-state index >= 15 is 0 Å². The molecule has 4 rings (SSSR count). The van der Waals surface area contributed by atoms with Crippen LogP contribution in [0.1, 0.15) is 12.0 Å². The third kappa shape index (κ3) is 3.69. The maximum Gasteiger partial charge on any atom is 0.408 e. The minimum Gasteiger partial charge on any atom is -0.488 e. The van der Waals surface area contributed by atoms with Gasteiger partial charge in [0.05, 0.1) is 17.8 Å². The average molecular weight is 404 g/mol. The summed E-state index contributed by atoms with van der Waals surface area (Å²) < 4.78 is 6.17. The van der Waals surface area contributed by atoms with Crippen LogP contribution in [0.15, 0.2) is 61.2 Å². The highest BCUT2D eigenvalue weighted by molar-refractivity contribution is 5.89. The summed E-state index contributed by atoms with van der Waals surface area (Å²) >= 11 is 0. The van der Waals surface area contributed by atoms with E-state index in [0.29, 0.717) is 11.4 Å². The number of ether oxygens (including phenoxy) is 1. The highest BCUT2D eigenvalue weighted by Gasteiger charge is 2.41. The van der Waals surface area contributed by atoms with Gasteiger partial charge in [0, 0.05) is 23.4 Å². The predicted octanol–water partition coefficient (Wildman–Crippen LogP) is 4.13. The molecule has 0 saturated carbocycles. The van der Waals surface area contributed by atoms with Crippen LogP contribution in [-0.4, -0.2) is 50.9 Å². The van der Waals surface area contributed by atoms with Crippen molar-refractivity contribution in [3.8, 4) is 17.0 Å². The van der Waals surface area contributed by atoms with Crippen molar-refractivity contribution in [2.75, 3.05) is 6.54 Å². The maximum atomic E-state index is 11.5. The summed E-state index contributed by atoms with van der Waals surface area (Å²) in [7, 11) is 0. The van der Waals surface area contributed by atoms with Crippen LogP contribution < -0.4 is 4.74 Å². The first-order valence-electron chi connectivity index (χ1n) is 9.48. The molecule has 152 valence electrons. The first kappa shape index (κ1) is 19.4. The number of nitrogens with zero attached hydrogens (tertiary/aromatic N) is 2. The number of carboxylic acids is 1. The second kappa shape index (κ2) is 7.87. The third-order valence-electron chi connectivity index (χ3n) is 5.19. The Kier molecular flexibility index (Phi) is 5.10. The van der Waals surface area contributed by atoms with Gasteiger partial charge in [0.15, 0.2) is 0 Å². The van der Waals surface area contributed by atoms with Gasteiger partial charge < -0.3 is 14.9 Å². The molecule has 0 radical (unpaired) electrons. The molecule has 2 aromatic carbocycles. The number of benzene rings is 2. The second-order valence-corrected chi connectivity index (χ2v) is 7.12. The predicted molar refractivity (Wildman–Crippen MR) is 112 cm³/mol. The average Bonchev–Trinajstić information content (AvgIpc) is 3.18. The van der Waals surface area contributed by atoms with E-state index in [9.17, 15) is 19.8 Å². The zero-order valence-corrected chi connectivity index (χ0v) is 16.1. The molecule has 0 spiro atoms. The van der Waals surface area contributed by atoms with Gasteiger partial charge in [-0.05, 0) is 17.7 Å². The summed E-state index contributed by atoms with van der Waals surface area (Å²) in [4.78, 5) is 28.5. The van der Waals surface area contributed by atoms with Gasteiger partial charge >= 0.3 is 12.1 Å². The lowest BCUT2D eigenvalue weighted by Crippen LogP contribution is -2.39. The quantitative estimate of drug-likeness (QED) is 0.663. The van der Waals surface area contributed by atoms with Gasteiger partial charge in [-0.1, -0.05) is 49.1 Å². The topological polar surface area (TPSA) is 100.0 Å². The number of aliphatic carboxylic acids is 1. The third-order valence-corrected chi connectivity index (χ3v) is 5.19. The van der Waals surface area contributed by atoms with Crippen molar-refractivity contribution in [3.63, 3.8) is 0 Å². The van der Waals surface area contributed by atoms with Gasteiger partial charge in [-0.15, -0.1) is 0 Å². The first-order chi connectivity index (χ1) is 14.5. The number of hydrogen-bond donors (Lipinski definition) is 2. The van der Waals surface area contributed by atoms with Crippen molar-refractivity contribution in [2.45, 2.75) is 18.6 Å². The summed E-state index contributed by atoms with van der Waals surface area (Å²) in [5.41, 5.74) is 3.25. The smallest absolute Gasteiger partial charge is 0.408 e. The largest absolute Gasteiger partial charge is 0.488 e. The molecule has 7 heteroatoms. The molecular weight excluding hydrogens is 384 g/mol. The number of likely N-dealkylation sites (tertiary alicyclic amines) is 1. The molecule has 1 aliphatic heterocycles. The molecule has 1 aromatic heterocycles. The summed E-state index contributed by atoms with van der Waals surface area (Å²) in [6.07, 6.45) is -0.0557. The molecule has 1 fully saturated rings. The van der Waals surface area contributed by atoms with Crippen LogP contribution >= 0.6 is 0 Å². The van der Waals surface area contributed by atoms with E-state index in [2.05, 4.69) is 6.58 Å². The summed E-state index contributed by atoms with van der Waals surface area (Å²) in [6, 6.07) is 16.0. The van der Waals surface area contributed by atoms with Gasteiger partial charge in [0.2, 0.25) is 0 Å². The molecular formula is C23H20N2O5. The van der Waals surface area contributed by atoms with E-state index in [1.807, 2.05) is 54.6 Å². The number of aromatic nitrogens is 1. The van der Waals surface area contributed by atoms with Crippen molar-refractivity contribution < 1.29 is 24.5 Å². The highest BCUT2D eigenvalue weighted by Crippen LogP contribution is 2.33. The zero-order chi connectivity index (χ0) is 21.3. The molecule has 0 aliphatic carbocycles. The van der Waals surface area contributed by atoms with Crippen LogP contribution in [-0.2, 0) is 4.79 Å². The summed E-state index contributed by atoms with van der Waals surface area (Å²) in [6.45, 7) is 3.78. The summed E-state index contributed by atoms with van der Waals surface area (Å²) in [5.74, 6) is -0.647. The SMILES string of the molecule is C=Cc1ccc2nc(-c3ccccc3)cc(O[C@@H]3C[C@@H](C(=O)O)N(C(=O)O)C3)c2c1. The normalized spacial score (nSPS) is 18.3. The van der Waals surface area contributed by atoms with E-state index in [4.69, 9.17) is 9.72 Å². The van der Waals surface area contributed by atoms with E-state index in [1.54, 1.807) is 6.08 Å². The van der Waals surface area contributed by atoms with Crippen molar-refractivity contribution in [3.05, 3.63) is 66.7 Å². The molecule has 1 aliphatic rings. The molecule has 7 nitrogen and oxygen atoms in total. The lowest BCUT2D eigenvalue weighted by Gasteiger charge is -2.17. The highest BCUT2D eigenvalue weighted by atomic mass is 16.5. The number of fused-ring (bicyclic) bond motifs is 1. The molecule has 0 bridgehead atoms. The van der Waals surface area contributed by atoms with Crippen LogP contribution in [0.4, 0.5) is 4.79 Å². The molecule has 3 aromatic rings. The molecule has 1 saturated heterocycles. The van der Waals surface area contributed by atoms with E-state index in [-0.39, 0.29) is 13.0 Å². The van der Waals surface area contributed by atoms with Crippen LogP contribution in [0.25, 0.3) is 28.2 Å². The molecule has 1 amide bonds. The van der Waals surface area contributed by atoms with Crippen molar-refractivity contribution in [1.82, 2.24) is 9.88 Å². The van der Waals surface area contributed by atoms with E-state index in [1.165, 1.54) is 0 Å². The molecule has 30 heavy (non-hydrogen) atoms. The zero-order valence-electron chi connectivity index (χ0n) is 16.1. The van der Waals surface area contributed by atoms with Gasteiger partial charge in [-0.2, -0.15) is 0 Å². The lowest BCUT2D eigenvalue weighted by molar-refractivity contribution is -0.141. The maximum absolute atomic E-state index is 11.5. The molecule has 2 heterocycles. The van der Waals surface area contributed by atoms with Crippen molar-refractivity contribution in [2.24, 2.45) is 0 Å². The Labute approximate surface area is 172 Å². The van der Waals surface area contributed by atoms with Crippen molar-refractivity contribution in [1.29, 1.82) is 0 Å². The minimum atomic E-state index is -1.27. The van der Waals surface area contributed by atoms with E-state index < -0.39 is 24.2 Å². The van der Waals surface area contributed by atoms with Gasteiger partial charge in [0.25, 0.3) is 0 Å². The van der Waals surface area contributed by atoms with Gasteiger partial charge in [0.1, 0.15) is 17.9 Å². The van der Waals surface area contributed by atoms with Crippen LogP contribution in [0.2, 0.25) is 0 Å². The fraction of sp³-hybridized carbons (Fsp3) is 0.174. The Morgan fingerprint density at radius 3 is 2.53 bits per heavy atom. The monoisotopic (exact) mass is 404 g/mol. The standard InChI is InChI=1S/C23H20N2O5/c1-2-14-8-9-18-17(10-14)21(12-19(24-18)15-6-4-3-5-7-15)30-16-11-20(22(26)27)25(13-16)23(28)29/h2-10,12,16,20H,1,11,13H2,(H,26,27)(H,28,29)/t16-,20+/m1/s1. The molecule has 2 atom stereocenters. The Bertz CT molecular complexity index is 1110. The number of carbonyl (C=O) groups is 2. The number of pyridine rings is 1. The number of amides is 1. The van der Waals surface area contributed by atoms with Crippen LogP contribution in [0, 0.1) is 0 Å². The fourth-order valence-corrected chi connectivity index (χ4v) is 3.70. The van der Waals surface area contributed by atoms with Gasteiger partial charge in [-0.3, -0.25) is 4.90 Å². The number of rotatable bonds is 5. The first-order valence-corrected chi connectivity index (χ1v) is 9.48. The minimum absolute atomic E-state index is 0.0159. The second-order valence-electron chi connectivity index (χ2n) is 7.12. The Morgan fingerprint density at radius 2 is 1.90 bits per heavy atom. The Morgan fingerprint density at radius 1 is 1.13 bits per heavy atom. The Hall–Kier alpha value is -3.87. The number of hydrogen-bond acceptors (Lipinski definition) is 4. The molecule has 0 unspecified atom stereocenters. The lowest BCUT2D eigenvalue weighted by atomic mass is 10.1. The van der Waals surface area contributed by atoms with Crippen LogP contribution in [0.5, 0.6) is 5.75 Å². The van der Waals surface area contributed by atoms with E-state index in [0.717, 1.165) is 26.9 Å².